The van der Waals surface area contributed by atoms with Gasteiger partial charge in [-0.3, -0.25) is 4.79 Å². The number of thiophene rings is 1. The first kappa shape index (κ1) is 16.5. The number of amides is 1. The Morgan fingerprint density at radius 1 is 1.24 bits per heavy atom. The highest BCUT2D eigenvalue weighted by Crippen LogP contribution is 2.27. The molecule has 0 fully saturated rings. The SMILES string of the molecule is O=C(CCS(=O)(=O)c1ccc(Br)s1)Nc1ccccc1Cl. The van der Waals surface area contributed by atoms with Gasteiger partial charge >= 0.3 is 0 Å². The van der Waals surface area contributed by atoms with Crippen LogP contribution in [0.2, 0.25) is 5.02 Å². The van der Waals surface area contributed by atoms with Crippen molar-refractivity contribution in [3.05, 3.63) is 45.2 Å². The van der Waals surface area contributed by atoms with Crippen molar-refractivity contribution >= 4 is 60.3 Å². The number of nitrogens with one attached hydrogen (secondary N) is 1. The van der Waals surface area contributed by atoms with E-state index in [1.807, 2.05) is 0 Å². The third kappa shape index (κ3) is 4.54. The van der Waals surface area contributed by atoms with Crippen LogP contribution in [0.25, 0.3) is 0 Å². The molecule has 1 heterocycles. The van der Waals surface area contributed by atoms with Gasteiger partial charge in [0.2, 0.25) is 5.91 Å². The molecule has 0 aliphatic rings. The Kier molecular flexibility index (Phi) is 5.43. The van der Waals surface area contributed by atoms with Gasteiger partial charge in [0.15, 0.2) is 9.84 Å². The molecule has 2 aromatic rings. The number of anilines is 1. The van der Waals surface area contributed by atoms with E-state index in [0.717, 1.165) is 15.1 Å². The summed E-state index contributed by atoms with van der Waals surface area (Å²) in [6.07, 6.45) is -0.122. The monoisotopic (exact) mass is 407 g/mol. The second-order valence-electron chi connectivity index (χ2n) is 4.16. The van der Waals surface area contributed by atoms with Crippen LogP contribution in [0.1, 0.15) is 6.42 Å². The number of sulfone groups is 1. The lowest BCUT2D eigenvalue weighted by molar-refractivity contribution is -0.115. The summed E-state index contributed by atoms with van der Waals surface area (Å²) in [5.41, 5.74) is 0.473. The molecule has 0 radical (unpaired) electrons. The smallest absolute Gasteiger partial charge is 0.225 e. The van der Waals surface area contributed by atoms with Crippen molar-refractivity contribution in [2.45, 2.75) is 10.6 Å². The first-order valence-corrected chi connectivity index (χ1v) is 9.55. The van der Waals surface area contributed by atoms with Crippen LogP contribution in [0.3, 0.4) is 0 Å². The van der Waals surface area contributed by atoms with Gasteiger partial charge in [-0.05, 0) is 40.2 Å². The van der Waals surface area contributed by atoms with Crippen molar-refractivity contribution in [3.63, 3.8) is 0 Å². The van der Waals surface area contributed by atoms with Crippen molar-refractivity contribution in [2.75, 3.05) is 11.1 Å². The molecule has 2 rings (SSSR count). The van der Waals surface area contributed by atoms with Crippen molar-refractivity contribution in [3.8, 4) is 0 Å². The van der Waals surface area contributed by atoms with Crippen LogP contribution in [0, 0.1) is 0 Å². The maximum atomic E-state index is 12.1. The highest BCUT2D eigenvalue weighted by Gasteiger charge is 2.18. The Balaban J connectivity index is 1.97. The molecule has 0 aliphatic heterocycles. The van der Waals surface area contributed by atoms with Gasteiger partial charge < -0.3 is 5.32 Å². The average molecular weight is 409 g/mol. The van der Waals surface area contributed by atoms with E-state index in [9.17, 15) is 13.2 Å². The standard InChI is InChI=1S/C13H11BrClNO3S2/c14-11-5-6-13(20-11)21(18,19)8-7-12(17)16-10-4-2-1-3-9(10)15/h1-6H,7-8H2,(H,16,17). The summed E-state index contributed by atoms with van der Waals surface area (Å²) in [6, 6.07) is 9.98. The number of benzene rings is 1. The van der Waals surface area contributed by atoms with Crippen LogP contribution in [-0.2, 0) is 14.6 Å². The van der Waals surface area contributed by atoms with Gasteiger partial charge in [0, 0.05) is 6.42 Å². The van der Waals surface area contributed by atoms with Crippen LogP contribution >= 0.6 is 38.9 Å². The number of halogens is 2. The molecule has 1 aromatic carbocycles. The van der Waals surface area contributed by atoms with Crippen molar-refractivity contribution in [1.82, 2.24) is 0 Å². The molecule has 0 bridgehead atoms. The van der Waals surface area contributed by atoms with E-state index in [-0.39, 0.29) is 22.3 Å². The summed E-state index contributed by atoms with van der Waals surface area (Å²) >= 11 is 10.3. The third-order valence-corrected chi connectivity index (χ3v) is 6.85. The molecule has 0 aliphatic carbocycles. The average Bonchev–Trinajstić information content (AvgIpc) is 2.87. The number of rotatable bonds is 5. The molecule has 4 nitrogen and oxygen atoms in total. The van der Waals surface area contributed by atoms with Gasteiger partial charge in [-0.1, -0.05) is 23.7 Å². The molecule has 0 atom stereocenters. The van der Waals surface area contributed by atoms with Crippen LogP contribution in [0.15, 0.2) is 44.4 Å². The largest absolute Gasteiger partial charge is 0.325 e. The zero-order chi connectivity index (χ0) is 15.5. The number of para-hydroxylation sites is 1. The highest BCUT2D eigenvalue weighted by atomic mass is 79.9. The van der Waals surface area contributed by atoms with Gasteiger partial charge in [0.05, 0.1) is 20.2 Å². The first-order chi connectivity index (χ1) is 9.88. The lowest BCUT2D eigenvalue weighted by atomic mass is 10.3. The molecule has 1 aromatic heterocycles. The van der Waals surface area contributed by atoms with Gasteiger partial charge in [-0.2, -0.15) is 0 Å². The van der Waals surface area contributed by atoms with Crippen LogP contribution in [-0.4, -0.2) is 20.1 Å². The molecular weight excluding hydrogens is 398 g/mol. The highest BCUT2D eigenvalue weighted by molar-refractivity contribution is 9.11. The first-order valence-electron chi connectivity index (χ1n) is 5.91. The number of carbonyl (C=O) groups excluding carboxylic acids is 1. The topological polar surface area (TPSA) is 63.2 Å². The van der Waals surface area contributed by atoms with Crippen LogP contribution < -0.4 is 5.32 Å². The van der Waals surface area contributed by atoms with E-state index in [1.165, 1.54) is 6.07 Å². The molecule has 0 saturated heterocycles. The number of hydrogen-bond donors (Lipinski definition) is 1. The molecular formula is C13H11BrClNO3S2. The zero-order valence-electron chi connectivity index (χ0n) is 10.7. The predicted molar refractivity (Wildman–Crippen MR) is 88.8 cm³/mol. The molecule has 0 unspecified atom stereocenters. The minimum absolute atomic E-state index is 0.122. The Bertz CT molecular complexity index is 758. The molecule has 0 saturated carbocycles. The van der Waals surface area contributed by atoms with E-state index in [0.29, 0.717) is 10.7 Å². The van der Waals surface area contributed by atoms with Crippen LogP contribution in [0.5, 0.6) is 0 Å². The van der Waals surface area contributed by atoms with Gasteiger partial charge in [-0.25, -0.2) is 8.42 Å². The predicted octanol–water partition coefficient (Wildman–Crippen LogP) is 3.97. The quantitative estimate of drug-likeness (QED) is 0.814. The zero-order valence-corrected chi connectivity index (χ0v) is 14.7. The Labute approximate surface area is 140 Å². The van der Waals surface area contributed by atoms with E-state index >= 15 is 0 Å². The van der Waals surface area contributed by atoms with Crippen molar-refractivity contribution in [1.29, 1.82) is 0 Å². The molecule has 0 spiro atoms. The molecule has 112 valence electrons. The van der Waals surface area contributed by atoms with E-state index in [4.69, 9.17) is 11.6 Å². The second kappa shape index (κ2) is 6.91. The molecule has 1 N–H and O–H groups in total. The minimum Gasteiger partial charge on any atom is -0.325 e. The summed E-state index contributed by atoms with van der Waals surface area (Å²) < 4.78 is 25.1. The normalized spacial score (nSPS) is 11.3. The second-order valence-corrected chi connectivity index (χ2v) is 9.36. The summed E-state index contributed by atoms with van der Waals surface area (Å²) in [4.78, 5) is 11.8. The third-order valence-electron chi connectivity index (χ3n) is 2.60. The minimum atomic E-state index is -3.44. The van der Waals surface area contributed by atoms with Crippen LogP contribution in [0.4, 0.5) is 5.69 Å². The number of carbonyl (C=O) groups is 1. The fraction of sp³-hybridized carbons (Fsp3) is 0.154. The van der Waals surface area contributed by atoms with Gasteiger partial charge in [0.25, 0.3) is 0 Å². The summed E-state index contributed by atoms with van der Waals surface area (Å²) in [7, 11) is -3.44. The fourth-order valence-electron chi connectivity index (χ4n) is 1.57. The maximum absolute atomic E-state index is 12.1. The van der Waals surface area contributed by atoms with Gasteiger partial charge in [0.1, 0.15) is 4.21 Å². The molecule has 8 heteroatoms. The number of hydrogen-bond acceptors (Lipinski definition) is 4. The van der Waals surface area contributed by atoms with Crippen molar-refractivity contribution in [2.24, 2.45) is 0 Å². The van der Waals surface area contributed by atoms with E-state index in [1.54, 1.807) is 30.3 Å². The molecule has 21 heavy (non-hydrogen) atoms. The summed E-state index contributed by atoms with van der Waals surface area (Å²) in [6.45, 7) is 0. The summed E-state index contributed by atoms with van der Waals surface area (Å²) in [5.74, 6) is -0.627. The Hall–Kier alpha value is -0.890. The van der Waals surface area contributed by atoms with Crippen molar-refractivity contribution < 1.29 is 13.2 Å². The Morgan fingerprint density at radius 2 is 1.95 bits per heavy atom. The van der Waals surface area contributed by atoms with E-state index < -0.39 is 9.84 Å². The van der Waals surface area contributed by atoms with E-state index in [2.05, 4.69) is 21.2 Å². The fourth-order valence-corrected chi connectivity index (χ4v) is 5.15. The van der Waals surface area contributed by atoms with Gasteiger partial charge in [-0.15, -0.1) is 11.3 Å². The molecule has 1 amide bonds. The lowest BCUT2D eigenvalue weighted by Gasteiger charge is -2.06. The maximum Gasteiger partial charge on any atom is 0.225 e. The summed E-state index contributed by atoms with van der Waals surface area (Å²) in [5, 5.41) is 3.01. The Morgan fingerprint density at radius 3 is 2.57 bits per heavy atom. The lowest BCUT2D eigenvalue weighted by Crippen LogP contribution is -2.17.